The van der Waals surface area contributed by atoms with Crippen LogP contribution >= 0.6 is 11.8 Å². The van der Waals surface area contributed by atoms with E-state index in [0.717, 1.165) is 41.3 Å². The van der Waals surface area contributed by atoms with E-state index in [4.69, 9.17) is 0 Å². The summed E-state index contributed by atoms with van der Waals surface area (Å²) in [5.41, 5.74) is 4.36. The van der Waals surface area contributed by atoms with Gasteiger partial charge in [-0.25, -0.2) is 4.98 Å². The van der Waals surface area contributed by atoms with Crippen molar-refractivity contribution < 1.29 is 4.79 Å². The maximum atomic E-state index is 12.4. The number of para-hydroxylation sites is 3. The summed E-state index contributed by atoms with van der Waals surface area (Å²) >= 11 is 1.61. The van der Waals surface area contributed by atoms with Crippen molar-refractivity contribution in [1.29, 1.82) is 0 Å². The molecule has 0 bridgehead atoms. The summed E-state index contributed by atoms with van der Waals surface area (Å²) in [6, 6.07) is 16.1. The van der Waals surface area contributed by atoms with E-state index in [1.807, 2.05) is 47.4 Å². The molecule has 116 valence electrons. The normalized spacial score (nSPS) is 13.5. The number of carbonyl (C=O) groups excluding carboxylic acids is 1. The van der Waals surface area contributed by atoms with E-state index >= 15 is 0 Å². The Morgan fingerprint density at radius 2 is 2.00 bits per heavy atom. The quantitative estimate of drug-likeness (QED) is 0.801. The number of nitrogens with zero attached hydrogens (tertiary/aromatic N) is 2. The fourth-order valence-corrected chi connectivity index (χ4v) is 3.75. The number of imidazole rings is 1. The van der Waals surface area contributed by atoms with Crippen molar-refractivity contribution in [2.75, 3.05) is 17.2 Å². The molecule has 0 atom stereocenters. The van der Waals surface area contributed by atoms with Crippen LogP contribution in [-0.2, 0) is 17.0 Å². The van der Waals surface area contributed by atoms with Crippen molar-refractivity contribution in [2.24, 2.45) is 0 Å². The summed E-state index contributed by atoms with van der Waals surface area (Å²) in [6.07, 6.45) is 0.955. The fraction of sp³-hybridized carbons (Fsp3) is 0.222. The number of H-pyrrole nitrogens is 1. The molecular formula is C18H17N3OS. The van der Waals surface area contributed by atoms with Crippen molar-refractivity contribution in [1.82, 2.24) is 9.97 Å². The molecule has 23 heavy (non-hydrogen) atoms. The van der Waals surface area contributed by atoms with Gasteiger partial charge < -0.3 is 9.88 Å². The van der Waals surface area contributed by atoms with Gasteiger partial charge >= 0.3 is 0 Å². The van der Waals surface area contributed by atoms with Crippen molar-refractivity contribution >= 4 is 34.4 Å². The first-order chi connectivity index (χ1) is 11.3. The fourth-order valence-electron chi connectivity index (χ4n) is 2.98. The number of amides is 1. The highest BCUT2D eigenvalue weighted by Crippen LogP contribution is 2.28. The topological polar surface area (TPSA) is 49.0 Å². The number of hydrogen-bond donors (Lipinski definition) is 1. The molecule has 2 aromatic carbocycles. The van der Waals surface area contributed by atoms with E-state index in [2.05, 4.69) is 16.0 Å². The SMILES string of the molecule is O=C(CSCc1nc2ccccc2[nH]1)N1CCc2ccccc21. The highest BCUT2D eigenvalue weighted by Gasteiger charge is 2.23. The maximum Gasteiger partial charge on any atom is 0.237 e. The van der Waals surface area contributed by atoms with E-state index in [1.165, 1.54) is 5.56 Å². The van der Waals surface area contributed by atoms with Gasteiger partial charge in [0, 0.05) is 12.2 Å². The van der Waals surface area contributed by atoms with Gasteiger partial charge in [-0.05, 0) is 30.2 Å². The molecule has 5 heteroatoms. The zero-order valence-electron chi connectivity index (χ0n) is 12.7. The summed E-state index contributed by atoms with van der Waals surface area (Å²) in [4.78, 5) is 22.2. The van der Waals surface area contributed by atoms with Crippen LogP contribution in [0.15, 0.2) is 48.5 Å². The van der Waals surface area contributed by atoms with Gasteiger partial charge in [-0.15, -0.1) is 11.8 Å². The van der Waals surface area contributed by atoms with Crippen LogP contribution in [0.2, 0.25) is 0 Å². The molecule has 1 aliphatic heterocycles. The molecule has 1 aliphatic rings. The lowest BCUT2D eigenvalue weighted by Gasteiger charge is -2.16. The minimum Gasteiger partial charge on any atom is -0.341 e. The number of thioether (sulfide) groups is 1. The van der Waals surface area contributed by atoms with E-state index in [1.54, 1.807) is 11.8 Å². The highest BCUT2D eigenvalue weighted by molar-refractivity contribution is 7.99. The van der Waals surface area contributed by atoms with Gasteiger partial charge in [0.1, 0.15) is 5.82 Å². The van der Waals surface area contributed by atoms with Crippen LogP contribution in [0.3, 0.4) is 0 Å². The second kappa shape index (κ2) is 6.08. The molecular weight excluding hydrogens is 306 g/mol. The van der Waals surface area contributed by atoms with Crippen LogP contribution in [0.5, 0.6) is 0 Å². The van der Waals surface area contributed by atoms with Gasteiger partial charge in [0.05, 0.1) is 22.5 Å². The summed E-state index contributed by atoms with van der Waals surface area (Å²) in [7, 11) is 0. The Bertz CT molecular complexity index is 825. The molecule has 4 nitrogen and oxygen atoms in total. The smallest absolute Gasteiger partial charge is 0.237 e. The number of anilines is 1. The number of rotatable bonds is 4. The monoisotopic (exact) mass is 323 g/mol. The predicted octanol–water partition coefficient (Wildman–Crippen LogP) is 3.39. The Balaban J connectivity index is 1.37. The van der Waals surface area contributed by atoms with E-state index in [9.17, 15) is 4.79 Å². The lowest BCUT2D eigenvalue weighted by atomic mass is 10.2. The van der Waals surface area contributed by atoms with Crippen molar-refractivity contribution in [2.45, 2.75) is 12.2 Å². The molecule has 3 aromatic rings. The van der Waals surface area contributed by atoms with E-state index < -0.39 is 0 Å². The lowest BCUT2D eigenvalue weighted by Crippen LogP contribution is -2.30. The van der Waals surface area contributed by atoms with Crippen molar-refractivity contribution in [3.63, 3.8) is 0 Å². The van der Waals surface area contributed by atoms with Crippen LogP contribution in [0.25, 0.3) is 11.0 Å². The van der Waals surface area contributed by atoms with Gasteiger partial charge in [-0.1, -0.05) is 30.3 Å². The van der Waals surface area contributed by atoms with Gasteiger partial charge in [-0.3, -0.25) is 4.79 Å². The molecule has 0 aliphatic carbocycles. The van der Waals surface area contributed by atoms with Gasteiger partial charge in [-0.2, -0.15) is 0 Å². The summed E-state index contributed by atoms with van der Waals surface area (Å²) in [5.74, 6) is 2.29. The molecule has 1 aromatic heterocycles. The minimum atomic E-state index is 0.177. The molecule has 0 saturated carbocycles. The van der Waals surface area contributed by atoms with Gasteiger partial charge in [0.25, 0.3) is 0 Å². The second-order valence-corrected chi connectivity index (χ2v) is 6.60. The van der Waals surface area contributed by atoms with Crippen LogP contribution in [0.1, 0.15) is 11.4 Å². The number of benzene rings is 2. The third-order valence-electron chi connectivity index (χ3n) is 4.09. The molecule has 0 spiro atoms. The van der Waals surface area contributed by atoms with Gasteiger partial charge in [0.15, 0.2) is 0 Å². The van der Waals surface area contributed by atoms with Crippen molar-refractivity contribution in [3.05, 3.63) is 59.9 Å². The largest absolute Gasteiger partial charge is 0.341 e. The Kier molecular flexibility index (Phi) is 3.79. The molecule has 1 amide bonds. The van der Waals surface area contributed by atoms with Crippen LogP contribution in [-0.4, -0.2) is 28.2 Å². The van der Waals surface area contributed by atoms with Gasteiger partial charge in [0.2, 0.25) is 5.91 Å². The third kappa shape index (κ3) is 2.84. The highest BCUT2D eigenvalue weighted by atomic mass is 32.2. The first-order valence-corrected chi connectivity index (χ1v) is 8.86. The first kappa shape index (κ1) is 14.3. The number of fused-ring (bicyclic) bond motifs is 2. The number of carbonyl (C=O) groups is 1. The first-order valence-electron chi connectivity index (χ1n) is 7.71. The predicted molar refractivity (Wildman–Crippen MR) is 94.8 cm³/mol. The van der Waals surface area contributed by atoms with Crippen LogP contribution in [0.4, 0.5) is 5.69 Å². The van der Waals surface area contributed by atoms with E-state index in [-0.39, 0.29) is 5.91 Å². The molecule has 0 fully saturated rings. The molecule has 2 heterocycles. The van der Waals surface area contributed by atoms with Crippen LogP contribution in [0, 0.1) is 0 Å². The zero-order chi connectivity index (χ0) is 15.6. The Labute approximate surface area is 138 Å². The molecule has 0 unspecified atom stereocenters. The molecule has 0 saturated heterocycles. The summed E-state index contributed by atoms with van der Waals surface area (Å²) in [5, 5.41) is 0. The summed E-state index contributed by atoms with van der Waals surface area (Å²) in [6.45, 7) is 0.795. The third-order valence-corrected chi connectivity index (χ3v) is 5.02. The number of aromatic nitrogens is 2. The minimum absolute atomic E-state index is 0.177. The number of aromatic amines is 1. The molecule has 1 N–H and O–H groups in total. The van der Waals surface area contributed by atoms with E-state index in [0.29, 0.717) is 5.75 Å². The average Bonchev–Trinajstić information content (AvgIpc) is 3.18. The standard InChI is InChI=1S/C18H17N3OS/c22-18(21-10-9-13-5-1-4-8-16(13)21)12-23-11-17-19-14-6-2-3-7-15(14)20-17/h1-8H,9-12H2,(H,19,20). The Morgan fingerprint density at radius 1 is 1.17 bits per heavy atom. The Morgan fingerprint density at radius 3 is 2.91 bits per heavy atom. The zero-order valence-corrected chi connectivity index (χ0v) is 13.5. The lowest BCUT2D eigenvalue weighted by molar-refractivity contribution is -0.116. The Hall–Kier alpha value is -2.27. The van der Waals surface area contributed by atoms with Crippen LogP contribution < -0.4 is 4.90 Å². The summed E-state index contributed by atoms with van der Waals surface area (Å²) < 4.78 is 0. The number of nitrogens with one attached hydrogen (secondary N) is 1. The maximum absolute atomic E-state index is 12.4. The van der Waals surface area contributed by atoms with Crippen molar-refractivity contribution in [3.8, 4) is 0 Å². The molecule has 4 rings (SSSR count). The molecule has 0 radical (unpaired) electrons. The average molecular weight is 323 g/mol. The second-order valence-electron chi connectivity index (χ2n) is 5.62. The number of hydrogen-bond acceptors (Lipinski definition) is 3.